The Morgan fingerprint density at radius 2 is 2.00 bits per heavy atom. The first-order valence-electron chi connectivity index (χ1n) is 6.04. The van der Waals surface area contributed by atoms with Crippen LogP contribution in [0.2, 0.25) is 5.28 Å². The van der Waals surface area contributed by atoms with E-state index in [1.54, 1.807) is 0 Å². The van der Waals surface area contributed by atoms with Crippen molar-refractivity contribution in [2.45, 2.75) is 40.0 Å². The van der Waals surface area contributed by atoms with E-state index in [-0.39, 0.29) is 5.28 Å². The average Bonchev–Trinajstić information content (AvgIpc) is 2.23. The first kappa shape index (κ1) is 14.0. The number of hydrogen-bond acceptors (Lipinski definition) is 4. The average molecular weight is 257 g/mol. The number of hydrogen-bond donors (Lipinski definition) is 2. The molecule has 0 amide bonds. The van der Waals surface area contributed by atoms with Gasteiger partial charge in [0.1, 0.15) is 0 Å². The van der Waals surface area contributed by atoms with Gasteiger partial charge in [-0.05, 0) is 30.9 Å². The van der Waals surface area contributed by atoms with Crippen LogP contribution in [0, 0.1) is 12.8 Å². The van der Waals surface area contributed by atoms with Crippen molar-refractivity contribution < 1.29 is 0 Å². The normalized spacial score (nSPS) is 10.9. The highest BCUT2D eigenvalue weighted by Crippen LogP contribution is 2.20. The van der Waals surface area contributed by atoms with Crippen LogP contribution < -0.4 is 11.1 Å². The molecular weight excluding hydrogens is 236 g/mol. The van der Waals surface area contributed by atoms with Crippen LogP contribution >= 0.6 is 11.6 Å². The Hall–Kier alpha value is -1.03. The number of nitrogens with one attached hydrogen (secondary N) is 1. The second kappa shape index (κ2) is 6.64. The van der Waals surface area contributed by atoms with Gasteiger partial charge in [-0.1, -0.05) is 26.7 Å². The Morgan fingerprint density at radius 1 is 1.29 bits per heavy atom. The predicted molar refractivity (Wildman–Crippen MR) is 73.4 cm³/mol. The summed E-state index contributed by atoms with van der Waals surface area (Å²) in [6, 6.07) is 0. The lowest BCUT2D eigenvalue weighted by Crippen LogP contribution is -2.09. The minimum Gasteiger partial charge on any atom is -0.394 e. The van der Waals surface area contributed by atoms with Gasteiger partial charge in [-0.3, -0.25) is 0 Å². The van der Waals surface area contributed by atoms with Crippen LogP contribution in [0.15, 0.2) is 0 Å². The Balaban J connectivity index is 2.41. The van der Waals surface area contributed by atoms with Crippen LogP contribution in [0.1, 0.15) is 38.8 Å². The highest BCUT2D eigenvalue weighted by atomic mass is 35.5. The third-order valence-corrected chi connectivity index (χ3v) is 2.78. The fourth-order valence-electron chi connectivity index (χ4n) is 1.57. The van der Waals surface area contributed by atoms with E-state index in [4.69, 9.17) is 17.3 Å². The van der Waals surface area contributed by atoms with Crippen LogP contribution in [-0.2, 0) is 0 Å². The molecule has 0 aliphatic heterocycles. The summed E-state index contributed by atoms with van der Waals surface area (Å²) in [6.07, 6.45) is 3.57. The molecule has 0 bridgehead atoms. The molecular formula is C12H21ClN4. The molecule has 0 fully saturated rings. The smallest absolute Gasteiger partial charge is 0.224 e. The van der Waals surface area contributed by atoms with Gasteiger partial charge >= 0.3 is 0 Å². The fraction of sp³-hybridized carbons (Fsp3) is 0.667. The van der Waals surface area contributed by atoms with Crippen molar-refractivity contribution in [2.24, 2.45) is 5.92 Å². The number of nitrogen functional groups attached to an aromatic ring is 1. The largest absolute Gasteiger partial charge is 0.394 e. The summed E-state index contributed by atoms with van der Waals surface area (Å²) in [4.78, 5) is 8.08. The molecule has 0 aliphatic carbocycles. The van der Waals surface area contributed by atoms with E-state index in [0.29, 0.717) is 11.5 Å². The molecule has 0 spiro atoms. The minimum atomic E-state index is 0.237. The van der Waals surface area contributed by atoms with Crippen molar-refractivity contribution in [1.82, 2.24) is 9.97 Å². The molecule has 0 saturated carbocycles. The minimum absolute atomic E-state index is 0.237. The molecule has 0 aromatic carbocycles. The molecule has 1 heterocycles. The molecule has 4 nitrogen and oxygen atoms in total. The number of unbranched alkanes of at least 4 members (excludes halogenated alkanes) is 1. The summed E-state index contributed by atoms with van der Waals surface area (Å²) >= 11 is 5.79. The molecule has 1 rings (SSSR count). The summed E-state index contributed by atoms with van der Waals surface area (Å²) in [5.74, 6) is 1.41. The maximum absolute atomic E-state index is 5.87. The maximum atomic E-state index is 5.87. The van der Waals surface area contributed by atoms with E-state index in [1.165, 1.54) is 12.8 Å². The molecule has 96 valence electrons. The van der Waals surface area contributed by atoms with Gasteiger partial charge in [0.15, 0.2) is 5.82 Å². The van der Waals surface area contributed by atoms with Crippen molar-refractivity contribution in [2.75, 3.05) is 17.6 Å². The topological polar surface area (TPSA) is 63.8 Å². The zero-order valence-electron chi connectivity index (χ0n) is 10.8. The molecule has 3 N–H and O–H groups in total. The lowest BCUT2D eigenvalue weighted by molar-refractivity contribution is 0.544. The number of rotatable bonds is 6. The molecule has 0 unspecified atom stereocenters. The van der Waals surface area contributed by atoms with Gasteiger partial charge in [-0.15, -0.1) is 0 Å². The van der Waals surface area contributed by atoms with Crippen molar-refractivity contribution >= 4 is 23.1 Å². The highest BCUT2D eigenvalue weighted by Gasteiger charge is 2.06. The number of halogens is 1. The first-order valence-corrected chi connectivity index (χ1v) is 6.42. The molecule has 0 atom stereocenters. The first-order chi connectivity index (χ1) is 8.00. The number of nitrogens with two attached hydrogens (primary N) is 1. The molecule has 17 heavy (non-hydrogen) atoms. The van der Waals surface area contributed by atoms with Crippen LogP contribution in [0.3, 0.4) is 0 Å². The Morgan fingerprint density at radius 3 is 2.65 bits per heavy atom. The van der Waals surface area contributed by atoms with Gasteiger partial charge in [-0.25, -0.2) is 4.98 Å². The molecule has 0 radical (unpaired) electrons. The van der Waals surface area contributed by atoms with Crippen LogP contribution in [0.4, 0.5) is 11.5 Å². The van der Waals surface area contributed by atoms with E-state index < -0.39 is 0 Å². The molecule has 1 aromatic heterocycles. The Kier molecular flexibility index (Phi) is 5.48. The highest BCUT2D eigenvalue weighted by molar-refractivity contribution is 6.28. The third kappa shape index (κ3) is 4.77. The van der Waals surface area contributed by atoms with Gasteiger partial charge in [-0.2, -0.15) is 4.98 Å². The van der Waals surface area contributed by atoms with Gasteiger partial charge in [0.25, 0.3) is 0 Å². The summed E-state index contributed by atoms with van der Waals surface area (Å²) in [5, 5.41) is 3.45. The predicted octanol–water partition coefficient (Wildman–Crippen LogP) is 3.26. The summed E-state index contributed by atoms with van der Waals surface area (Å²) in [6.45, 7) is 7.16. The zero-order valence-corrected chi connectivity index (χ0v) is 11.5. The summed E-state index contributed by atoms with van der Waals surface area (Å²) in [7, 11) is 0. The van der Waals surface area contributed by atoms with E-state index in [0.717, 1.165) is 24.6 Å². The van der Waals surface area contributed by atoms with Gasteiger partial charge in [0, 0.05) is 6.54 Å². The Labute approximate surface area is 108 Å². The number of aryl methyl sites for hydroxylation is 1. The van der Waals surface area contributed by atoms with E-state index in [1.807, 2.05) is 6.92 Å². The molecule has 1 aromatic rings. The molecule has 0 aliphatic rings. The van der Waals surface area contributed by atoms with Gasteiger partial charge in [0.05, 0.1) is 11.4 Å². The van der Waals surface area contributed by atoms with E-state index in [9.17, 15) is 0 Å². The standard InChI is InChI=1S/C12H21ClN4/c1-8(2)6-4-5-7-15-11-10(14)9(3)16-12(13)17-11/h8H,4-7,14H2,1-3H3,(H,15,16,17). The number of nitrogens with zero attached hydrogens (tertiary/aromatic N) is 2. The van der Waals surface area contributed by atoms with Crippen molar-refractivity contribution in [3.8, 4) is 0 Å². The SMILES string of the molecule is Cc1nc(Cl)nc(NCCCCC(C)C)c1N. The van der Waals surface area contributed by atoms with E-state index in [2.05, 4.69) is 29.1 Å². The second-order valence-corrected chi connectivity index (χ2v) is 4.99. The molecule has 0 saturated heterocycles. The lowest BCUT2D eigenvalue weighted by Gasteiger charge is -2.10. The van der Waals surface area contributed by atoms with Crippen LogP contribution in [-0.4, -0.2) is 16.5 Å². The fourth-order valence-corrected chi connectivity index (χ4v) is 1.78. The maximum Gasteiger partial charge on any atom is 0.224 e. The summed E-state index contributed by atoms with van der Waals surface area (Å²) in [5.41, 5.74) is 7.17. The lowest BCUT2D eigenvalue weighted by atomic mass is 10.1. The van der Waals surface area contributed by atoms with Gasteiger partial charge < -0.3 is 11.1 Å². The van der Waals surface area contributed by atoms with Gasteiger partial charge in [0.2, 0.25) is 5.28 Å². The summed E-state index contributed by atoms with van der Waals surface area (Å²) < 4.78 is 0. The molecule has 5 heteroatoms. The van der Waals surface area contributed by atoms with Crippen molar-refractivity contribution in [1.29, 1.82) is 0 Å². The van der Waals surface area contributed by atoms with Crippen LogP contribution in [0.25, 0.3) is 0 Å². The van der Waals surface area contributed by atoms with Crippen molar-refractivity contribution in [3.05, 3.63) is 11.0 Å². The second-order valence-electron chi connectivity index (χ2n) is 4.66. The zero-order chi connectivity index (χ0) is 12.8. The monoisotopic (exact) mass is 256 g/mol. The number of anilines is 2. The number of aromatic nitrogens is 2. The third-order valence-electron chi connectivity index (χ3n) is 2.61. The Bertz CT molecular complexity index is 366. The van der Waals surface area contributed by atoms with E-state index >= 15 is 0 Å². The van der Waals surface area contributed by atoms with Crippen molar-refractivity contribution in [3.63, 3.8) is 0 Å². The van der Waals surface area contributed by atoms with Crippen LogP contribution in [0.5, 0.6) is 0 Å². The quantitative estimate of drug-likeness (QED) is 0.606.